The summed E-state index contributed by atoms with van der Waals surface area (Å²) in [4.78, 5) is 20.0. The van der Waals surface area contributed by atoms with Crippen LogP contribution in [0.4, 0.5) is 23.4 Å². The number of methoxy groups -OCH3 is 1. The first-order valence-electron chi connectivity index (χ1n) is 12.9. The second-order valence-electron chi connectivity index (χ2n) is 10.2. The van der Waals surface area contributed by atoms with Gasteiger partial charge in [0.05, 0.1) is 42.0 Å². The molecule has 2 aromatic carbocycles. The van der Waals surface area contributed by atoms with Crippen molar-refractivity contribution in [2.45, 2.75) is 49.7 Å². The van der Waals surface area contributed by atoms with Crippen LogP contribution in [0.1, 0.15) is 19.4 Å². The molecular formula is C27H29ClF4N4O3S. The number of piperazine rings is 1. The molecule has 1 N–H and O–H groups in total. The van der Waals surface area contributed by atoms with Gasteiger partial charge in [0.15, 0.2) is 0 Å². The average Bonchev–Trinajstić information content (AvgIpc) is 3.07. The standard InChI is InChI=1S/C27H29ClF4N4O3S/c1-14-10-35(11-15(2)33-14)25-18-9-19(27(30,31)32)22(16-4-5-21(29)20(28)8-16)24-23(18)36(26(37)34-25)12-17(13-40-24)39-7-6-38-3/h4-5,8-9,14-15,17,33H,6-7,10-13H2,1-3H3/t14-,15+,17-/m1/s1. The van der Waals surface area contributed by atoms with Gasteiger partial charge in [-0.3, -0.25) is 4.57 Å². The van der Waals surface area contributed by atoms with Crippen molar-refractivity contribution < 1.29 is 27.0 Å². The van der Waals surface area contributed by atoms with Gasteiger partial charge in [-0.15, -0.1) is 11.8 Å². The first-order valence-corrected chi connectivity index (χ1v) is 14.2. The highest BCUT2D eigenvalue weighted by Crippen LogP contribution is 2.48. The molecule has 216 valence electrons. The summed E-state index contributed by atoms with van der Waals surface area (Å²) >= 11 is 7.20. The highest BCUT2D eigenvalue weighted by molar-refractivity contribution is 7.99. The number of hydrogen-bond donors (Lipinski definition) is 1. The maximum Gasteiger partial charge on any atom is 0.417 e. The van der Waals surface area contributed by atoms with Gasteiger partial charge in [0, 0.05) is 53.9 Å². The molecule has 13 heteroatoms. The van der Waals surface area contributed by atoms with Gasteiger partial charge >= 0.3 is 11.9 Å². The van der Waals surface area contributed by atoms with Gasteiger partial charge < -0.3 is 19.7 Å². The minimum atomic E-state index is -4.76. The molecule has 1 saturated heterocycles. The summed E-state index contributed by atoms with van der Waals surface area (Å²) < 4.78 is 70.8. The van der Waals surface area contributed by atoms with Crippen LogP contribution < -0.4 is 15.9 Å². The second kappa shape index (κ2) is 11.5. The van der Waals surface area contributed by atoms with E-state index < -0.39 is 29.4 Å². The van der Waals surface area contributed by atoms with Crippen LogP contribution in [-0.4, -0.2) is 66.9 Å². The topological polar surface area (TPSA) is 68.6 Å². The van der Waals surface area contributed by atoms with Gasteiger partial charge in [0.25, 0.3) is 0 Å². The third-order valence-electron chi connectivity index (χ3n) is 7.01. The summed E-state index contributed by atoms with van der Waals surface area (Å²) in [5, 5.41) is 3.33. The van der Waals surface area contributed by atoms with E-state index in [0.29, 0.717) is 25.2 Å². The molecule has 7 nitrogen and oxygen atoms in total. The first kappa shape index (κ1) is 29.1. The number of anilines is 1. The molecule has 0 bridgehead atoms. The summed E-state index contributed by atoms with van der Waals surface area (Å²) in [5.41, 5.74) is -1.19. The van der Waals surface area contributed by atoms with E-state index in [1.165, 1.54) is 35.6 Å². The summed E-state index contributed by atoms with van der Waals surface area (Å²) in [6.07, 6.45) is -5.25. The van der Waals surface area contributed by atoms with E-state index in [0.717, 1.165) is 12.1 Å². The molecule has 3 aromatic rings. The SMILES string of the molecule is COCCO[C@H]1CSc2c(-c3ccc(F)c(Cl)c3)c(C(F)(F)F)cc3c(N4C[C@@H](C)N[C@@H](C)C4)nc(=O)n(c23)C1. The highest BCUT2D eigenvalue weighted by atomic mass is 35.5. The molecule has 0 saturated carbocycles. The van der Waals surface area contributed by atoms with Gasteiger partial charge in [-0.05, 0) is 37.6 Å². The number of nitrogens with one attached hydrogen (secondary N) is 1. The maximum absolute atomic E-state index is 14.8. The Morgan fingerprint density at radius 3 is 2.52 bits per heavy atom. The van der Waals surface area contributed by atoms with Crippen LogP contribution in [0.2, 0.25) is 5.02 Å². The number of hydrogen-bond acceptors (Lipinski definition) is 7. The van der Waals surface area contributed by atoms with Crippen LogP contribution in [0.25, 0.3) is 22.0 Å². The number of rotatable bonds is 6. The fraction of sp³-hybridized carbons (Fsp3) is 0.481. The number of benzene rings is 2. The normalized spacial score (nSPS) is 21.6. The second-order valence-corrected chi connectivity index (χ2v) is 11.6. The number of nitrogens with zero attached hydrogens (tertiary/aromatic N) is 3. The zero-order valence-electron chi connectivity index (χ0n) is 22.1. The van der Waals surface area contributed by atoms with Crippen LogP contribution >= 0.6 is 23.4 Å². The fourth-order valence-corrected chi connectivity index (χ4v) is 6.90. The molecule has 1 fully saturated rings. The zero-order chi connectivity index (χ0) is 28.8. The van der Waals surface area contributed by atoms with E-state index in [1.807, 2.05) is 18.7 Å². The van der Waals surface area contributed by atoms with Gasteiger partial charge in [-0.2, -0.15) is 18.2 Å². The van der Waals surface area contributed by atoms with E-state index >= 15 is 0 Å². The average molecular weight is 601 g/mol. The van der Waals surface area contributed by atoms with Crippen molar-refractivity contribution in [1.29, 1.82) is 0 Å². The van der Waals surface area contributed by atoms with Crippen LogP contribution in [-0.2, 0) is 22.2 Å². The van der Waals surface area contributed by atoms with E-state index in [2.05, 4.69) is 10.3 Å². The Morgan fingerprint density at radius 1 is 1.15 bits per heavy atom. The zero-order valence-corrected chi connectivity index (χ0v) is 23.7. The molecule has 3 heterocycles. The van der Waals surface area contributed by atoms with Crippen molar-refractivity contribution in [3.05, 3.63) is 51.2 Å². The minimum absolute atomic E-state index is 0.0360. The Hall–Kier alpha value is -2.38. The van der Waals surface area contributed by atoms with E-state index in [9.17, 15) is 22.4 Å². The molecule has 0 radical (unpaired) electrons. The molecule has 1 aromatic heterocycles. The summed E-state index contributed by atoms with van der Waals surface area (Å²) in [7, 11) is 1.54. The lowest BCUT2D eigenvalue weighted by Gasteiger charge is -2.37. The molecule has 0 spiro atoms. The van der Waals surface area contributed by atoms with Gasteiger partial charge in [0.2, 0.25) is 0 Å². The fourth-order valence-electron chi connectivity index (χ4n) is 5.44. The van der Waals surface area contributed by atoms with E-state index in [1.54, 1.807) is 0 Å². The van der Waals surface area contributed by atoms with Crippen molar-refractivity contribution >= 4 is 40.1 Å². The lowest BCUT2D eigenvalue weighted by atomic mass is 9.96. The van der Waals surface area contributed by atoms with Crippen LogP contribution in [0.5, 0.6) is 0 Å². The molecule has 0 aliphatic carbocycles. The maximum atomic E-state index is 14.8. The van der Waals surface area contributed by atoms with Crippen LogP contribution in [0.3, 0.4) is 0 Å². The van der Waals surface area contributed by atoms with E-state index in [-0.39, 0.29) is 63.2 Å². The molecule has 2 aliphatic rings. The molecule has 40 heavy (non-hydrogen) atoms. The number of alkyl halides is 3. The highest BCUT2D eigenvalue weighted by Gasteiger charge is 2.39. The third-order valence-corrected chi connectivity index (χ3v) is 8.52. The van der Waals surface area contributed by atoms with Crippen LogP contribution in [0, 0.1) is 5.82 Å². The lowest BCUT2D eigenvalue weighted by Crippen LogP contribution is -2.55. The van der Waals surface area contributed by atoms with Crippen molar-refractivity contribution in [3.63, 3.8) is 0 Å². The van der Waals surface area contributed by atoms with Gasteiger partial charge in [-0.1, -0.05) is 17.7 Å². The Bertz CT molecular complexity index is 1480. The Kier molecular flexibility index (Phi) is 8.36. The van der Waals surface area contributed by atoms with Crippen LogP contribution in [0.15, 0.2) is 34.0 Å². The molecule has 3 atom stereocenters. The van der Waals surface area contributed by atoms with Crippen molar-refractivity contribution in [2.75, 3.05) is 44.1 Å². The number of thioether (sulfide) groups is 1. The first-order chi connectivity index (χ1) is 19.0. The quantitative estimate of drug-likeness (QED) is 0.308. The summed E-state index contributed by atoms with van der Waals surface area (Å²) in [6.45, 7) is 5.58. The number of halogens is 5. The largest absolute Gasteiger partial charge is 0.417 e. The predicted molar refractivity (Wildman–Crippen MR) is 148 cm³/mol. The Morgan fingerprint density at radius 2 is 1.88 bits per heavy atom. The molecule has 0 amide bonds. The van der Waals surface area contributed by atoms with Crippen molar-refractivity contribution in [2.24, 2.45) is 0 Å². The predicted octanol–water partition coefficient (Wildman–Crippen LogP) is 5.20. The Balaban J connectivity index is 1.82. The Labute approximate surface area is 237 Å². The molecule has 2 aliphatic heterocycles. The molecule has 0 unspecified atom stereocenters. The number of aromatic nitrogens is 2. The monoisotopic (exact) mass is 600 g/mol. The molecule has 5 rings (SSSR count). The van der Waals surface area contributed by atoms with Gasteiger partial charge in [0.1, 0.15) is 11.6 Å². The van der Waals surface area contributed by atoms with Crippen molar-refractivity contribution in [1.82, 2.24) is 14.9 Å². The van der Waals surface area contributed by atoms with E-state index in [4.69, 9.17) is 21.1 Å². The molecular weight excluding hydrogens is 572 g/mol. The lowest BCUT2D eigenvalue weighted by molar-refractivity contribution is -0.137. The summed E-state index contributed by atoms with van der Waals surface area (Å²) in [5.74, 6) is -0.248. The van der Waals surface area contributed by atoms with Crippen molar-refractivity contribution in [3.8, 4) is 11.1 Å². The third kappa shape index (κ3) is 5.69. The smallest absolute Gasteiger partial charge is 0.382 e. The summed E-state index contributed by atoms with van der Waals surface area (Å²) in [6, 6.07) is 4.64. The minimum Gasteiger partial charge on any atom is -0.382 e. The number of ether oxygens (including phenoxy) is 2. The van der Waals surface area contributed by atoms with Gasteiger partial charge in [-0.25, -0.2) is 9.18 Å².